The highest BCUT2D eigenvalue weighted by molar-refractivity contribution is 7.98. The lowest BCUT2D eigenvalue weighted by Gasteiger charge is -2.24. The topological polar surface area (TPSA) is 29.3 Å². The molecule has 0 aromatic rings. The Morgan fingerprint density at radius 3 is 2.69 bits per heavy atom. The number of nitrogens with two attached hydrogens (primary N) is 1. The van der Waals surface area contributed by atoms with Gasteiger partial charge in [0, 0.05) is 19.1 Å². The predicted octanol–water partition coefficient (Wildman–Crippen LogP) is 1.57. The van der Waals surface area contributed by atoms with Crippen molar-refractivity contribution in [3.8, 4) is 0 Å². The third-order valence-corrected chi connectivity index (χ3v) is 2.90. The van der Waals surface area contributed by atoms with Crippen LogP contribution >= 0.6 is 11.8 Å². The number of hydrogen-bond donors (Lipinski definition) is 1. The molecule has 0 aromatic carbocycles. The lowest BCUT2D eigenvalue weighted by atomic mass is 10.2. The van der Waals surface area contributed by atoms with Crippen LogP contribution in [0.25, 0.3) is 0 Å². The zero-order chi connectivity index (χ0) is 10.3. The Morgan fingerprint density at radius 2 is 2.23 bits per heavy atom. The first kappa shape index (κ1) is 13.0. The summed E-state index contributed by atoms with van der Waals surface area (Å²) in [6, 6.07) is 0.621. The average Bonchev–Trinajstić information content (AvgIpc) is 2.13. The highest BCUT2D eigenvalue weighted by Crippen LogP contribution is 2.07. The van der Waals surface area contributed by atoms with Crippen LogP contribution in [-0.4, -0.2) is 43.1 Å². The van der Waals surface area contributed by atoms with E-state index in [4.69, 9.17) is 5.73 Å². The van der Waals surface area contributed by atoms with Gasteiger partial charge in [-0.05, 0) is 38.0 Å². The van der Waals surface area contributed by atoms with Crippen molar-refractivity contribution in [1.29, 1.82) is 0 Å². The molecule has 2 N–H and O–H groups in total. The van der Waals surface area contributed by atoms with E-state index in [1.54, 1.807) is 0 Å². The molecule has 0 spiro atoms. The van der Waals surface area contributed by atoms with E-state index in [1.165, 1.54) is 12.2 Å². The number of nitrogens with zero attached hydrogens (tertiary/aromatic N) is 1. The fraction of sp³-hybridized carbons (Fsp3) is 0.800. The molecule has 1 atom stereocenters. The second-order valence-electron chi connectivity index (χ2n) is 3.50. The molecule has 0 amide bonds. The van der Waals surface area contributed by atoms with Crippen molar-refractivity contribution in [2.24, 2.45) is 5.73 Å². The second kappa shape index (κ2) is 7.42. The summed E-state index contributed by atoms with van der Waals surface area (Å²) >= 11 is 1.90. The SMILES string of the molecule is C=C(CN)CN(C)C(C)CCSC. The van der Waals surface area contributed by atoms with Gasteiger partial charge in [0.1, 0.15) is 0 Å². The molecule has 3 heteroatoms. The maximum atomic E-state index is 5.49. The van der Waals surface area contributed by atoms with E-state index >= 15 is 0 Å². The third kappa shape index (κ3) is 6.13. The van der Waals surface area contributed by atoms with Crippen LogP contribution in [0.4, 0.5) is 0 Å². The van der Waals surface area contributed by atoms with Crippen molar-refractivity contribution >= 4 is 11.8 Å². The molecule has 1 unspecified atom stereocenters. The summed E-state index contributed by atoms with van der Waals surface area (Å²) in [4.78, 5) is 2.31. The molecule has 78 valence electrons. The van der Waals surface area contributed by atoms with Crippen LogP contribution in [0.3, 0.4) is 0 Å². The fourth-order valence-electron chi connectivity index (χ4n) is 1.08. The van der Waals surface area contributed by atoms with Gasteiger partial charge in [-0.3, -0.25) is 4.90 Å². The van der Waals surface area contributed by atoms with Crippen LogP contribution in [-0.2, 0) is 0 Å². The number of rotatable bonds is 7. The van der Waals surface area contributed by atoms with Crippen molar-refractivity contribution in [3.05, 3.63) is 12.2 Å². The Balaban J connectivity index is 3.68. The zero-order valence-electron chi connectivity index (χ0n) is 9.05. The molecular weight excluding hydrogens is 180 g/mol. The van der Waals surface area contributed by atoms with Crippen molar-refractivity contribution < 1.29 is 0 Å². The van der Waals surface area contributed by atoms with Crippen LogP contribution in [0.2, 0.25) is 0 Å². The van der Waals surface area contributed by atoms with Gasteiger partial charge in [0.05, 0.1) is 0 Å². The maximum Gasteiger partial charge on any atom is 0.0202 e. The highest BCUT2D eigenvalue weighted by Gasteiger charge is 2.08. The number of thioether (sulfide) groups is 1. The van der Waals surface area contributed by atoms with E-state index in [2.05, 4.69) is 31.7 Å². The van der Waals surface area contributed by atoms with E-state index in [1.807, 2.05) is 11.8 Å². The summed E-state index contributed by atoms with van der Waals surface area (Å²) in [6.45, 7) is 7.67. The van der Waals surface area contributed by atoms with Crippen LogP contribution in [0.15, 0.2) is 12.2 Å². The summed E-state index contributed by atoms with van der Waals surface area (Å²) in [7, 11) is 2.13. The van der Waals surface area contributed by atoms with E-state index < -0.39 is 0 Å². The van der Waals surface area contributed by atoms with Crippen LogP contribution in [0, 0.1) is 0 Å². The minimum absolute atomic E-state index is 0.597. The smallest absolute Gasteiger partial charge is 0.0202 e. The molecule has 0 saturated carbocycles. The molecule has 0 bridgehead atoms. The molecule has 0 aliphatic rings. The van der Waals surface area contributed by atoms with Crippen molar-refractivity contribution in [3.63, 3.8) is 0 Å². The summed E-state index contributed by atoms with van der Waals surface area (Å²) in [6.07, 6.45) is 3.38. The minimum Gasteiger partial charge on any atom is -0.327 e. The van der Waals surface area contributed by atoms with Gasteiger partial charge >= 0.3 is 0 Å². The van der Waals surface area contributed by atoms with E-state index in [9.17, 15) is 0 Å². The Labute approximate surface area is 86.6 Å². The molecule has 2 nitrogen and oxygen atoms in total. The molecule has 0 fully saturated rings. The fourth-order valence-corrected chi connectivity index (χ4v) is 1.66. The zero-order valence-corrected chi connectivity index (χ0v) is 9.86. The predicted molar refractivity (Wildman–Crippen MR) is 63.3 cm³/mol. The van der Waals surface area contributed by atoms with Gasteiger partial charge in [-0.25, -0.2) is 0 Å². The largest absolute Gasteiger partial charge is 0.327 e. The maximum absolute atomic E-state index is 5.49. The molecule has 0 aliphatic carbocycles. The van der Waals surface area contributed by atoms with Gasteiger partial charge < -0.3 is 5.73 Å². The molecule has 13 heavy (non-hydrogen) atoms. The monoisotopic (exact) mass is 202 g/mol. The lowest BCUT2D eigenvalue weighted by Crippen LogP contribution is -2.32. The summed E-state index contributed by atoms with van der Waals surface area (Å²) in [5, 5.41) is 0. The molecule has 0 saturated heterocycles. The minimum atomic E-state index is 0.597. The Hall–Kier alpha value is 0.0100. The van der Waals surface area contributed by atoms with Gasteiger partial charge in [0.25, 0.3) is 0 Å². The van der Waals surface area contributed by atoms with Crippen LogP contribution in [0.1, 0.15) is 13.3 Å². The normalized spacial score (nSPS) is 13.3. The van der Waals surface area contributed by atoms with E-state index in [-0.39, 0.29) is 0 Å². The van der Waals surface area contributed by atoms with Gasteiger partial charge in [-0.1, -0.05) is 6.58 Å². The quantitative estimate of drug-likeness (QED) is 0.636. The average molecular weight is 202 g/mol. The van der Waals surface area contributed by atoms with Gasteiger partial charge in [0.15, 0.2) is 0 Å². The van der Waals surface area contributed by atoms with Gasteiger partial charge in [0.2, 0.25) is 0 Å². The molecular formula is C10H22N2S. The highest BCUT2D eigenvalue weighted by atomic mass is 32.2. The van der Waals surface area contributed by atoms with Crippen LogP contribution in [0.5, 0.6) is 0 Å². The Kier molecular flexibility index (Phi) is 7.42. The first-order chi connectivity index (χ1) is 6.11. The molecule has 0 radical (unpaired) electrons. The third-order valence-electron chi connectivity index (χ3n) is 2.25. The van der Waals surface area contributed by atoms with Gasteiger partial charge in [-0.2, -0.15) is 11.8 Å². The van der Waals surface area contributed by atoms with Crippen molar-refractivity contribution in [2.45, 2.75) is 19.4 Å². The summed E-state index contributed by atoms with van der Waals surface area (Å²) in [5.41, 5.74) is 6.60. The van der Waals surface area contributed by atoms with Gasteiger partial charge in [-0.15, -0.1) is 0 Å². The van der Waals surface area contributed by atoms with E-state index in [0.717, 1.165) is 12.1 Å². The lowest BCUT2D eigenvalue weighted by molar-refractivity contribution is 0.273. The Morgan fingerprint density at radius 1 is 1.62 bits per heavy atom. The first-order valence-corrected chi connectivity index (χ1v) is 6.07. The molecule has 0 aliphatic heterocycles. The molecule has 0 rings (SSSR count). The standard InChI is InChI=1S/C10H22N2S/c1-9(7-11)8-12(3)10(2)5-6-13-4/h10H,1,5-8,11H2,2-4H3. The second-order valence-corrected chi connectivity index (χ2v) is 4.49. The molecule has 0 aromatic heterocycles. The Bertz CT molecular complexity index is 148. The summed E-state index contributed by atoms with van der Waals surface area (Å²) in [5.74, 6) is 1.22. The summed E-state index contributed by atoms with van der Waals surface area (Å²) < 4.78 is 0. The molecule has 0 heterocycles. The number of likely N-dealkylation sites (N-methyl/N-ethyl adjacent to an activating group) is 1. The van der Waals surface area contributed by atoms with Crippen molar-refractivity contribution in [2.75, 3.05) is 32.1 Å². The first-order valence-electron chi connectivity index (χ1n) is 4.67. The van der Waals surface area contributed by atoms with Crippen LogP contribution < -0.4 is 5.73 Å². The van der Waals surface area contributed by atoms with E-state index in [0.29, 0.717) is 12.6 Å². The van der Waals surface area contributed by atoms with Crippen molar-refractivity contribution in [1.82, 2.24) is 4.90 Å². The number of hydrogen-bond acceptors (Lipinski definition) is 3.